The fraction of sp³-hybridized carbons (Fsp3) is 0.409. The molecular formula is C22H25Cl2N5O2S. The second-order valence-electron chi connectivity index (χ2n) is 8.62. The van der Waals surface area contributed by atoms with Crippen LogP contribution in [-0.2, 0) is 13.1 Å². The van der Waals surface area contributed by atoms with Crippen molar-refractivity contribution in [2.75, 3.05) is 7.05 Å². The molecule has 32 heavy (non-hydrogen) atoms. The summed E-state index contributed by atoms with van der Waals surface area (Å²) in [6.45, 7) is 1.57. The maximum atomic E-state index is 13.5. The van der Waals surface area contributed by atoms with Crippen molar-refractivity contribution in [1.29, 1.82) is 0 Å². The summed E-state index contributed by atoms with van der Waals surface area (Å²) in [4.78, 5) is 37.4. The number of benzene rings is 1. The lowest BCUT2D eigenvalue weighted by molar-refractivity contribution is 0.0755. The highest BCUT2D eigenvalue weighted by Gasteiger charge is 2.45. The number of thiazole rings is 1. The van der Waals surface area contributed by atoms with E-state index in [1.165, 1.54) is 11.3 Å². The highest BCUT2D eigenvalue weighted by Crippen LogP contribution is 2.32. The van der Waals surface area contributed by atoms with Crippen LogP contribution in [-0.4, -0.2) is 45.2 Å². The van der Waals surface area contributed by atoms with Crippen molar-refractivity contribution in [2.24, 2.45) is 5.73 Å². The summed E-state index contributed by atoms with van der Waals surface area (Å²) in [6.07, 6.45) is 2.94. The summed E-state index contributed by atoms with van der Waals surface area (Å²) in [5.41, 5.74) is 7.78. The highest BCUT2D eigenvalue weighted by atomic mass is 35.5. The summed E-state index contributed by atoms with van der Waals surface area (Å²) in [7, 11) is 2.03. The molecule has 2 aliphatic rings. The lowest BCUT2D eigenvalue weighted by Gasteiger charge is -2.39. The molecule has 0 saturated heterocycles. The average molecular weight is 494 g/mol. The normalized spacial score (nSPS) is 23.0. The van der Waals surface area contributed by atoms with E-state index < -0.39 is 11.6 Å². The van der Waals surface area contributed by atoms with E-state index in [9.17, 15) is 9.59 Å². The number of aromatic amines is 1. The Morgan fingerprint density at radius 3 is 2.91 bits per heavy atom. The first-order valence-electron chi connectivity index (χ1n) is 10.4. The van der Waals surface area contributed by atoms with Crippen molar-refractivity contribution in [2.45, 2.75) is 50.4 Å². The topological polar surface area (TPSA) is 104 Å². The quantitative estimate of drug-likeness (QED) is 0.478. The Morgan fingerprint density at radius 2 is 2.12 bits per heavy atom. The van der Waals surface area contributed by atoms with Gasteiger partial charge < -0.3 is 16.0 Å². The van der Waals surface area contributed by atoms with Crippen LogP contribution >= 0.6 is 35.3 Å². The third-order valence-corrected chi connectivity index (χ3v) is 7.63. The van der Waals surface area contributed by atoms with Gasteiger partial charge in [0.2, 0.25) is 5.78 Å². The molecule has 1 aliphatic heterocycles. The van der Waals surface area contributed by atoms with Crippen molar-refractivity contribution in [3.8, 4) is 0 Å². The van der Waals surface area contributed by atoms with E-state index in [0.717, 1.165) is 47.4 Å². The van der Waals surface area contributed by atoms with Crippen LogP contribution in [0.1, 0.15) is 56.5 Å². The van der Waals surface area contributed by atoms with Gasteiger partial charge in [-0.2, -0.15) is 0 Å². The van der Waals surface area contributed by atoms with Gasteiger partial charge in [-0.25, -0.2) is 4.98 Å². The van der Waals surface area contributed by atoms with Crippen LogP contribution in [0.15, 0.2) is 24.3 Å². The Bertz CT molecular complexity index is 1170. The van der Waals surface area contributed by atoms with Gasteiger partial charge in [0.25, 0.3) is 5.91 Å². The minimum atomic E-state index is -1.17. The Labute approximate surface area is 201 Å². The molecule has 5 rings (SSSR count). The molecule has 0 bridgehead atoms. The number of hydrogen-bond acceptors (Lipinski definition) is 6. The lowest BCUT2D eigenvalue weighted by atomic mass is 9.74. The third-order valence-electron chi connectivity index (χ3n) is 6.32. The minimum Gasteiger partial charge on any atom is -0.352 e. The molecule has 1 aromatic carbocycles. The number of rotatable bonds is 4. The number of hydrogen-bond donors (Lipinski definition) is 3. The van der Waals surface area contributed by atoms with Gasteiger partial charge in [0, 0.05) is 33.9 Å². The number of carbonyl (C=O) groups is 2. The molecule has 1 amide bonds. The Kier molecular flexibility index (Phi) is 6.35. The SMILES string of the molecule is CN1Cc2nc(C(=O)NC3CCCCC3(N)C(=O)c3cc4cc(Cl)ccc4[nH]3)sc2C1.Cl. The van der Waals surface area contributed by atoms with Crippen molar-refractivity contribution in [3.05, 3.63) is 50.6 Å². The maximum absolute atomic E-state index is 13.5. The molecule has 0 radical (unpaired) electrons. The number of carbonyl (C=O) groups excluding carboxylic acids is 2. The van der Waals surface area contributed by atoms with E-state index in [1.54, 1.807) is 12.1 Å². The summed E-state index contributed by atoms with van der Waals surface area (Å²) < 4.78 is 0. The molecule has 10 heteroatoms. The molecule has 3 aromatic rings. The zero-order valence-corrected chi connectivity index (χ0v) is 20.0. The second-order valence-corrected chi connectivity index (χ2v) is 10.1. The zero-order chi connectivity index (χ0) is 21.8. The minimum absolute atomic E-state index is 0. The van der Waals surface area contributed by atoms with Crippen molar-refractivity contribution in [3.63, 3.8) is 0 Å². The molecule has 7 nitrogen and oxygen atoms in total. The first kappa shape index (κ1) is 23.2. The van der Waals surface area contributed by atoms with Crippen LogP contribution in [0.4, 0.5) is 0 Å². The maximum Gasteiger partial charge on any atom is 0.280 e. The van der Waals surface area contributed by atoms with Crippen molar-refractivity contribution >= 4 is 57.9 Å². The number of aromatic nitrogens is 2. The van der Waals surface area contributed by atoms with Crippen LogP contribution in [0.5, 0.6) is 0 Å². The summed E-state index contributed by atoms with van der Waals surface area (Å²) in [6, 6.07) is 6.77. The Morgan fingerprint density at radius 1 is 1.31 bits per heavy atom. The molecule has 3 heterocycles. The van der Waals surface area contributed by atoms with Gasteiger partial charge in [0.1, 0.15) is 5.54 Å². The van der Waals surface area contributed by atoms with E-state index in [-0.39, 0.29) is 24.1 Å². The number of halogens is 2. The summed E-state index contributed by atoms with van der Waals surface area (Å²) >= 11 is 7.50. The predicted molar refractivity (Wildman–Crippen MR) is 129 cm³/mol. The van der Waals surface area contributed by atoms with Crippen LogP contribution in [0, 0.1) is 0 Å². The number of nitrogens with zero attached hydrogens (tertiary/aromatic N) is 2. The van der Waals surface area contributed by atoms with Gasteiger partial charge in [-0.05, 0) is 44.2 Å². The molecule has 4 N–H and O–H groups in total. The van der Waals surface area contributed by atoms with Gasteiger partial charge >= 0.3 is 0 Å². The van der Waals surface area contributed by atoms with Crippen molar-refractivity contribution in [1.82, 2.24) is 20.2 Å². The molecule has 0 spiro atoms. The molecule has 2 unspecified atom stereocenters. The largest absolute Gasteiger partial charge is 0.352 e. The van der Waals surface area contributed by atoms with E-state index in [1.807, 2.05) is 19.2 Å². The first-order chi connectivity index (χ1) is 14.8. The van der Waals surface area contributed by atoms with Crippen molar-refractivity contribution < 1.29 is 9.59 Å². The number of H-pyrrole nitrogens is 1. The van der Waals surface area contributed by atoms with Crippen LogP contribution in [0.3, 0.4) is 0 Å². The predicted octanol–water partition coefficient (Wildman–Crippen LogP) is 3.90. The number of ketones is 1. The number of fused-ring (bicyclic) bond motifs is 2. The van der Waals surface area contributed by atoms with Crippen LogP contribution in [0.25, 0.3) is 10.9 Å². The smallest absolute Gasteiger partial charge is 0.280 e. The van der Waals surface area contributed by atoms with Crippen LogP contribution in [0.2, 0.25) is 5.02 Å². The van der Waals surface area contributed by atoms with E-state index in [2.05, 4.69) is 20.2 Å². The molecular weight excluding hydrogens is 469 g/mol. The average Bonchev–Trinajstić information content (AvgIpc) is 3.41. The summed E-state index contributed by atoms with van der Waals surface area (Å²) in [5, 5.41) is 4.95. The molecule has 2 aromatic heterocycles. The monoisotopic (exact) mass is 493 g/mol. The number of Topliss-reactive ketones (excluding diaryl/α,β-unsaturated/α-hetero) is 1. The third kappa shape index (κ3) is 4.06. The number of nitrogens with two attached hydrogens (primary N) is 1. The lowest BCUT2D eigenvalue weighted by Crippen LogP contribution is -2.64. The number of amides is 1. The molecule has 1 saturated carbocycles. The van der Waals surface area contributed by atoms with E-state index in [4.69, 9.17) is 17.3 Å². The fourth-order valence-corrected chi connectivity index (χ4v) is 5.89. The Balaban J connectivity index is 0.00000245. The number of nitrogens with one attached hydrogen (secondary N) is 2. The zero-order valence-electron chi connectivity index (χ0n) is 17.6. The van der Waals surface area contributed by atoms with Gasteiger partial charge in [-0.15, -0.1) is 23.7 Å². The fourth-order valence-electron chi connectivity index (χ4n) is 4.65. The summed E-state index contributed by atoms with van der Waals surface area (Å²) in [5.74, 6) is -0.437. The molecule has 170 valence electrons. The standard InChI is InChI=1S/C22H24ClN5O2S.ClH/c1-28-10-16-17(11-28)31-21(26-16)20(30)27-18-4-2-3-7-22(18,24)19(29)15-9-12-8-13(23)5-6-14(12)25-15;/h5-6,8-9,18,25H,2-4,7,10-11,24H2,1H3,(H,27,30);1H. The van der Waals surface area contributed by atoms with E-state index >= 15 is 0 Å². The first-order valence-corrected chi connectivity index (χ1v) is 11.6. The van der Waals surface area contributed by atoms with Gasteiger partial charge in [0.15, 0.2) is 5.01 Å². The molecule has 1 fully saturated rings. The van der Waals surface area contributed by atoms with Gasteiger partial charge in [-0.3, -0.25) is 14.5 Å². The molecule has 2 atom stereocenters. The van der Waals surface area contributed by atoms with Gasteiger partial charge in [0.05, 0.1) is 17.4 Å². The van der Waals surface area contributed by atoms with E-state index in [0.29, 0.717) is 28.6 Å². The molecule has 1 aliphatic carbocycles. The highest BCUT2D eigenvalue weighted by molar-refractivity contribution is 7.13. The van der Waals surface area contributed by atoms with Crippen LogP contribution < -0.4 is 11.1 Å². The Hall–Kier alpha value is -1.97. The second kappa shape index (κ2) is 8.76. The van der Waals surface area contributed by atoms with Gasteiger partial charge in [-0.1, -0.05) is 24.4 Å².